The van der Waals surface area contributed by atoms with E-state index in [0.29, 0.717) is 22.1 Å². The van der Waals surface area contributed by atoms with Gasteiger partial charge in [-0.15, -0.1) is 0 Å². The number of hydrogen-bond donors (Lipinski definition) is 2. The van der Waals surface area contributed by atoms with E-state index in [2.05, 4.69) is 0 Å². The molecular weight excluding hydrogens is 312 g/mol. The maximum absolute atomic E-state index is 11.6. The topological polar surface area (TPSA) is 95.4 Å². The first-order valence-electron chi connectivity index (χ1n) is 6.05. The van der Waals surface area contributed by atoms with Crippen molar-refractivity contribution in [1.29, 1.82) is 0 Å². The van der Waals surface area contributed by atoms with Gasteiger partial charge in [0.2, 0.25) is 10.0 Å². The molecule has 0 radical (unpaired) electrons. The maximum Gasteiger partial charge on any atom is 0.238 e. The van der Waals surface area contributed by atoms with Gasteiger partial charge in [-0.1, -0.05) is 17.7 Å². The Labute approximate surface area is 128 Å². The van der Waals surface area contributed by atoms with Crippen LogP contribution >= 0.6 is 11.6 Å². The number of anilines is 1. The number of rotatable bonds is 3. The van der Waals surface area contributed by atoms with Gasteiger partial charge in [0.15, 0.2) is 0 Å². The number of hydrogen-bond acceptors (Lipinski definition) is 4. The van der Waals surface area contributed by atoms with E-state index in [-0.39, 0.29) is 10.6 Å². The number of nitrogens with two attached hydrogens (primary N) is 2. The van der Waals surface area contributed by atoms with Crippen molar-refractivity contribution in [3.8, 4) is 11.5 Å². The van der Waals surface area contributed by atoms with Crippen LogP contribution in [0.15, 0.2) is 35.2 Å². The quantitative estimate of drug-likeness (QED) is 0.847. The normalized spacial score (nSPS) is 11.4. The summed E-state index contributed by atoms with van der Waals surface area (Å²) < 4.78 is 28.8. The smallest absolute Gasteiger partial charge is 0.238 e. The van der Waals surface area contributed by atoms with Gasteiger partial charge in [0.1, 0.15) is 11.5 Å². The van der Waals surface area contributed by atoms with Crippen LogP contribution in [-0.4, -0.2) is 8.42 Å². The zero-order valence-electron chi connectivity index (χ0n) is 11.6. The summed E-state index contributed by atoms with van der Waals surface area (Å²) in [6.45, 7) is 3.49. The van der Waals surface area contributed by atoms with Crippen molar-refractivity contribution >= 4 is 27.3 Å². The molecule has 21 heavy (non-hydrogen) atoms. The summed E-state index contributed by atoms with van der Waals surface area (Å²) in [7, 11) is -3.88. The second kappa shape index (κ2) is 5.55. The van der Waals surface area contributed by atoms with Gasteiger partial charge in [0.25, 0.3) is 0 Å². The lowest BCUT2D eigenvalue weighted by molar-refractivity contribution is 0.476. The molecule has 0 aliphatic rings. The summed E-state index contributed by atoms with van der Waals surface area (Å²) in [5.74, 6) is 0.720. The Morgan fingerprint density at radius 3 is 2.38 bits per heavy atom. The molecule has 0 saturated heterocycles. The van der Waals surface area contributed by atoms with Crippen molar-refractivity contribution in [2.75, 3.05) is 5.73 Å². The van der Waals surface area contributed by atoms with Gasteiger partial charge < -0.3 is 10.5 Å². The summed E-state index contributed by atoms with van der Waals surface area (Å²) in [5, 5.41) is 5.59. The lowest BCUT2D eigenvalue weighted by atomic mass is 10.2. The van der Waals surface area contributed by atoms with Crippen LogP contribution in [-0.2, 0) is 10.0 Å². The van der Waals surface area contributed by atoms with Crippen LogP contribution in [0.4, 0.5) is 5.69 Å². The van der Waals surface area contributed by atoms with Crippen LogP contribution in [0.2, 0.25) is 5.02 Å². The summed E-state index contributed by atoms with van der Waals surface area (Å²) in [6, 6.07) is 8.13. The summed E-state index contributed by atoms with van der Waals surface area (Å²) in [6.07, 6.45) is 0. The Bertz CT molecular complexity index is 804. The minimum Gasteiger partial charge on any atom is -0.455 e. The monoisotopic (exact) mass is 326 g/mol. The molecule has 2 aromatic rings. The maximum atomic E-state index is 11.6. The minimum absolute atomic E-state index is 0.0683. The molecule has 4 N–H and O–H groups in total. The number of aryl methyl sites for hydroxylation is 1. The van der Waals surface area contributed by atoms with E-state index >= 15 is 0 Å². The highest BCUT2D eigenvalue weighted by Gasteiger charge is 2.17. The first-order valence-corrected chi connectivity index (χ1v) is 7.98. The molecule has 0 atom stereocenters. The average molecular weight is 327 g/mol. The number of ether oxygens (including phenoxy) is 1. The molecule has 0 bridgehead atoms. The van der Waals surface area contributed by atoms with Crippen LogP contribution in [0.25, 0.3) is 0 Å². The van der Waals surface area contributed by atoms with Gasteiger partial charge in [0, 0.05) is 17.3 Å². The van der Waals surface area contributed by atoms with Crippen molar-refractivity contribution in [1.82, 2.24) is 0 Å². The van der Waals surface area contributed by atoms with Gasteiger partial charge in [0.05, 0.1) is 9.92 Å². The Hall–Kier alpha value is -1.76. The van der Waals surface area contributed by atoms with E-state index in [1.165, 1.54) is 12.1 Å². The number of benzene rings is 2. The van der Waals surface area contributed by atoms with Gasteiger partial charge in [-0.05, 0) is 37.6 Å². The summed E-state index contributed by atoms with van der Waals surface area (Å²) in [4.78, 5) is -0.0683. The summed E-state index contributed by atoms with van der Waals surface area (Å²) >= 11 is 6.07. The van der Waals surface area contributed by atoms with Gasteiger partial charge in [-0.2, -0.15) is 0 Å². The van der Waals surface area contributed by atoms with Crippen LogP contribution in [0.1, 0.15) is 11.1 Å². The summed E-state index contributed by atoms with van der Waals surface area (Å²) in [5.41, 5.74) is 7.29. The highest BCUT2D eigenvalue weighted by molar-refractivity contribution is 7.89. The second-order valence-electron chi connectivity index (χ2n) is 4.72. The van der Waals surface area contributed by atoms with Crippen molar-refractivity contribution in [3.63, 3.8) is 0 Å². The molecule has 0 aliphatic carbocycles. The van der Waals surface area contributed by atoms with E-state index in [9.17, 15) is 8.42 Å². The molecule has 0 aliphatic heterocycles. The van der Waals surface area contributed by atoms with Gasteiger partial charge >= 0.3 is 0 Å². The largest absolute Gasteiger partial charge is 0.455 e. The Morgan fingerprint density at radius 1 is 1.10 bits per heavy atom. The van der Waals surface area contributed by atoms with E-state index in [0.717, 1.165) is 5.56 Å². The van der Waals surface area contributed by atoms with Crippen LogP contribution in [0.5, 0.6) is 11.5 Å². The molecule has 2 rings (SSSR count). The Morgan fingerprint density at radius 2 is 1.76 bits per heavy atom. The zero-order chi connectivity index (χ0) is 15.8. The van der Waals surface area contributed by atoms with E-state index < -0.39 is 10.0 Å². The molecule has 2 aromatic carbocycles. The van der Waals surface area contributed by atoms with E-state index in [4.69, 9.17) is 27.2 Å². The molecule has 0 heterocycles. The SMILES string of the molecule is Cc1ccc(Cl)c(Oc2cc(N)cc(S(N)(=O)=O)c2C)c1. The molecule has 0 amide bonds. The van der Waals surface area contributed by atoms with Crippen LogP contribution in [0, 0.1) is 13.8 Å². The highest BCUT2D eigenvalue weighted by atomic mass is 35.5. The predicted molar refractivity (Wildman–Crippen MR) is 83.2 cm³/mol. The van der Waals surface area contributed by atoms with Crippen LogP contribution in [0.3, 0.4) is 0 Å². The third-order valence-corrected chi connectivity index (χ3v) is 4.30. The molecular formula is C14H15ClN2O3S. The first-order chi connectivity index (χ1) is 9.68. The van der Waals surface area contributed by atoms with Crippen molar-refractivity contribution in [3.05, 3.63) is 46.5 Å². The Balaban J connectivity index is 2.55. The van der Waals surface area contributed by atoms with Gasteiger partial charge in [-0.25, -0.2) is 13.6 Å². The van der Waals surface area contributed by atoms with Gasteiger partial charge in [-0.3, -0.25) is 0 Å². The van der Waals surface area contributed by atoms with E-state index in [1.807, 2.05) is 13.0 Å². The third-order valence-electron chi connectivity index (χ3n) is 2.95. The fourth-order valence-corrected chi connectivity index (χ4v) is 2.87. The average Bonchev–Trinajstić information content (AvgIpc) is 2.36. The van der Waals surface area contributed by atoms with Crippen molar-refractivity contribution in [2.45, 2.75) is 18.7 Å². The standard InChI is InChI=1S/C14H15ClN2O3S/c1-8-3-4-11(15)13(5-8)20-12-6-10(16)7-14(9(12)2)21(17,18)19/h3-7H,16H2,1-2H3,(H2,17,18,19). The molecule has 0 unspecified atom stereocenters. The number of halogens is 1. The van der Waals surface area contributed by atoms with Crippen molar-refractivity contribution in [2.24, 2.45) is 5.14 Å². The lowest BCUT2D eigenvalue weighted by Crippen LogP contribution is -2.14. The lowest BCUT2D eigenvalue weighted by Gasteiger charge is -2.14. The van der Waals surface area contributed by atoms with Crippen LogP contribution < -0.4 is 15.6 Å². The molecule has 0 saturated carbocycles. The molecule has 0 fully saturated rings. The number of nitrogen functional groups attached to an aromatic ring is 1. The molecule has 112 valence electrons. The molecule has 7 heteroatoms. The number of sulfonamides is 1. The predicted octanol–water partition coefficient (Wildman–Crippen LogP) is 2.98. The molecule has 0 aromatic heterocycles. The van der Waals surface area contributed by atoms with Crippen molar-refractivity contribution < 1.29 is 13.2 Å². The fourth-order valence-electron chi connectivity index (χ4n) is 1.89. The fraction of sp³-hybridized carbons (Fsp3) is 0.143. The second-order valence-corrected chi connectivity index (χ2v) is 6.66. The first kappa shape index (κ1) is 15.6. The number of primary sulfonamides is 1. The van der Waals surface area contributed by atoms with E-state index in [1.54, 1.807) is 19.1 Å². The Kier molecular flexibility index (Phi) is 4.13. The minimum atomic E-state index is -3.88. The zero-order valence-corrected chi connectivity index (χ0v) is 13.1. The highest BCUT2D eigenvalue weighted by Crippen LogP contribution is 2.35. The molecule has 5 nitrogen and oxygen atoms in total. The third kappa shape index (κ3) is 3.47. The molecule has 0 spiro atoms.